The zero-order valence-electron chi connectivity index (χ0n) is 11.3. The predicted molar refractivity (Wildman–Crippen MR) is 82.1 cm³/mol. The first-order valence-electron chi connectivity index (χ1n) is 6.92. The van der Waals surface area contributed by atoms with Gasteiger partial charge in [0.1, 0.15) is 0 Å². The predicted octanol–water partition coefficient (Wildman–Crippen LogP) is 4.72. The molecule has 0 aromatic heterocycles. The van der Waals surface area contributed by atoms with E-state index in [0.717, 1.165) is 0 Å². The summed E-state index contributed by atoms with van der Waals surface area (Å²) >= 11 is 0. The Hall–Kier alpha value is -2.02. The number of hydrogen-bond acceptors (Lipinski definition) is 1. The van der Waals surface area contributed by atoms with Gasteiger partial charge in [0.25, 0.3) is 0 Å². The van der Waals surface area contributed by atoms with Crippen molar-refractivity contribution in [1.82, 2.24) is 0 Å². The van der Waals surface area contributed by atoms with E-state index >= 15 is 0 Å². The summed E-state index contributed by atoms with van der Waals surface area (Å²) in [4.78, 5) is 2.34. The van der Waals surface area contributed by atoms with Crippen LogP contribution in [0, 0.1) is 0 Å². The van der Waals surface area contributed by atoms with E-state index in [1.54, 1.807) is 0 Å². The number of rotatable bonds is 3. The van der Waals surface area contributed by atoms with Crippen LogP contribution in [0.4, 0.5) is 5.69 Å². The van der Waals surface area contributed by atoms with Crippen LogP contribution in [-0.2, 0) is 0 Å². The zero-order valence-corrected chi connectivity index (χ0v) is 11.3. The van der Waals surface area contributed by atoms with Gasteiger partial charge in [-0.3, -0.25) is 0 Å². The Labute approximate surface area is 115 Å². The first-order valence-corrected chi connectivity index (χ1v) is 6.92. The highest BCUT2D eigenvalue weighted by molar-refractivity contribution is 5.74. The highest BCUT2D eigenvalue weighted by atomic mass is 15.1. The van der Waals surface area contributed by atoms with Gasteiger partial charge in [-0.05, 0) is 42.5 Å². The zero-order chi connectivity index (χ0) is 13.1. The van der Waals surface area contributed by atoms with Crippen LogP contribution in [0.3, 0.4) is 0 Å². The van der Waals surface area contributed by atoms with Crippen molar-refractivity contribution in [2.45, 2.75) is 19.3 Å². The molecule has 0 saturated carbocycles. The van der Waals surface area contributed by atoms with E-state index in [0.29, 0.717) is 0 Å². The molecule has 0 bridgehead atoms. The summed E-state index contributed by atoms with van der Waals surface area (Å²) in [6, 6.07) is 21.4. The minimum atomic E-state index is 1.18. The maximum atomic E-state index is 2.34. The lowest BCUT2D eigenvalue weighted by atomic mass is 10.0. The van der Waals surface area contributed by atoms with Crippen LogP contribution >= 0.6 is 0 Å². The number of anilines is 1. The fourth-order valence-electron chi connectivity index (χ4n) is 2.86. The summed E-state index contributed by atoms with van der Waals surface area (Å²) in [5, 5.41) is 0. The van der Waals surface area contributed by atoms with Crippen molar-refractivity contribution in [2.75, 3.05) is 11.9 Å². The summed E-state index contributed by atoms with van der Waals surface area (Å²) in [6.45, 7) is 0. The minimum Gasteiger partial charge on any atom is -0.348 e. The average Bonchev–Trinajstić information content (AvgIpc) is 2.98. The lowest BCUT2D eigenvalue weighted by molar-refractivity contribution is 0.881. The van der Waals surface area contributed by atoms with Gasteiger partial charge in [-0.2, -0.15) is 0 Å². The third kappa shape index (κ3) is 2.41. The molecule has 0 spiro atoms. The quantitative estimate of drug-likeness (QED) is 0.761. The van der Waals surface area contributed by atoms with Gasteiger partial charge < -0.3 is 4.90 Å². The lowest BCUT2D eigenvalue weighted by Crippen LogP contribution is -2.15. The van der Waals surface area contributed by atoms with Crippen LogP contribution in [0.1, 0.15) is 24.8 Å². The van der Waals surface area contributed by atoms with E-state index in [-0.39, 0.29) is 0 Å². The second kappa shape index (κ2) is 5.31. The van der Waals surface area contributed by atoms with Crippen molar-refractivity contribution in [2.24, 2.45) is 0 Å². The van der Waals surface area contributed by atoms with Gasteiger partial charge >= 0.3 is 0 Å². The number of allylic oxidation sites excluding steroid dienone is 2. The van der Waals surface area contributed by atoms with Crippen LogP contribution < -0.4 is 4.90 Å². The lowest BCUT2D eigenvalue weighted by Gasteiger charge is -2.22. The van der Waals surface area contributed by atoms with Crippen LogP contribution in [0.2, 0.25) is 0 Å². The van der Waals surface area contributed by atoms with Gasteiger partial charge in [0, 0.05) is 18.4 Å². The maximum absolute atomic E-state index is 2.34. The summed E-state index contributed by atoms with van der Waals surface area (Å²) in [5.74, 6) is 0. The highest BCUT2D eigenvalue weighted by Gasteiger charge is 2.19. The van der Waals surface area contributed by atoms with E-state index in [4.69, 9.17) is 0 Å². The Morgan fingerprint density at radius 3 is 2.11 bits per heavy atom. The normalized spacial score (nSPS) is 14.8. The number of nitrogens with zero attached hydrogens (tertiary/aromatic N) is 1. The number of hydrogen-bond donors (Lipinski definition) is 0. The Morgan fingerprint density at radius 2 is 1.42 bits per heavy atom. The van der Waals surface area contributed by atoms with Crippen molar-refractivity contribution in [3.8, 4) is 0 Å². The van der Waals surface area contributed by atoms with Crippen LogP contribution in [-0.4, -0.2) is 7.05 Å². The van der Waals surface area contributed by atoms with Crippen LogP contribution in [0.5, 0.6) is 0 Å². The van der Waals surface area contributed by atoms with Crippen LogP contribution in [0.25, 0.3) is 5.57 Å². The summed E-state index contributed by atoms with van der Waals surface area (Å²) < 4.78 is 0. The molecule has 0 N–H and O–H groups in total. The fourth-order valence-corrected chi connectivity index (χ4v) is 2.86. The Morgan fingerprint density at radius 1 is 0.789 bits per heavy atom. The number of benzene rings is 2. The monoisotopic (exact) mass is 249 g/mol. The van der Waals surface area contributed by atoms with Gasteiger partial charge in [-0.1, -0.05) is 48.5 Å². The molecule has 0 heterocycles. The molecule has 0 unspecified atom stereocenters. The molecular weight excluding hydrogens is 230 g/mol. The maximum Gasteiger partial charge on any atom is 0.0405 e. The molecule has 1 nitrogen and oxygen atoms in total. The first kappa shape index (κ1) is 12.0. The Bertz CT molecular complexity index is 569. The number of para-hydroxylation sites is 1. The van der Waals surface area contributed by atoms with Gasteiger partial charge in [0.05, 0.1) is 0 Å². The SMILES string of the molecule is CN(C1=C(c2ccccc2)CCC1)c1ccccc1. The second-order valence-electron chi connectivity index (χ2n) is 5.04. The van der Waals surface area contributed by atoms with Gasteiger partial charge in [-0.15, -0.1) is 0 Å². The van der Waals surface area contributed by atoms with Crippen molar-refractivity contribution in [3.63, 3.8) is 0 Å². The first-order chi connectivity index (χ1) is 9.36. The molecule has 0 fully saturated rings. The summed E-state index contributed by atoms with van der Waals surface area (Å²) in [7, 11) is 2.18. The summed E-state index contributed by atoms with van der Waals surface area (Å²) in [5.41, 5.74) is 5.62. The van der Waals surface area contributed by atoms with E-state index < -0.39 is 0 Å². The molecule has 2 aromatic rings. The summed E-state index contributed by atoms with van der Waals surface area (Å²) in [6.07, 6.45) is 3.63. The molecule has 1 heteroatoms. The van der Waals surface area contributed by atoms with Gasteiger partial charge in [-0.25, -0.2) is 0 Å². The van der Waals surface area contributed by atoms with Gasteiger partial charge in [0.15, 0.2) is 0 Å². The molecule has 96 valence electrons. The highest BCUT2D eigenvalue weighted by Crippen LogP contribution is 2.36. The second-order valence-corrected chi connectivity index (χ2v) is 5.04. The minimum absolute atomic E-state index is 1.18. The standard InChI is InChI=1S/C18H19N/c1-19(16-11-6-3-7-12-16)18-14-8-13-17(18)15-9-4-2-5-10-15/h2-7,9-12H,8,13-14H2,1H3. The van der Waals surface area contributed by atoms with E-state index in [2.05, 4.69) is 72.6 Å². The fraction of sp³-hybridized carbons (Fsp3) is 0.222. The Balaban J connectivity index is 1.98. The molecular formula is C18H19N. The van der Waals surface area contributed by atoms with Crippen LogP contribution in [0.15, 0.2) is 66.4 Å². The van der Waals surface area contributed by atoms with Gasteiger partial charge in [0.2, 0.25) is 0 Å². The third-order valence-electron chi connectivity index (χ3n) is 3.86. The molecule has 0 saturated heterocycles. The molecule has 0 radical (unpaired) electrons. The van der Waals surface area contributed by atoms with E-state index in [1.165, 1.54) is 41.8 Å². The van der Waals surface area contributed by atoms with Crippen molar-refractivity contribution < 1.29 is 0 Å². The van der Waals surface area contributed by atoms with E-state index in [9.17, 15) is 0 Å². The van der Waals surface area contributed by atoms with E-state index in [1.807, 2.05) is 0 Å². The topological polar surface area (TPSA) is 3.24 Å². The average molecular weight is 249 g/mol. The third-order valence-corrected chi connectivity index (χ3v) is 3.86. The molecule has 1 aliphatic rings. The molecule has 0 amide bonds. The van der Waals surface area contributed by atoms with Crippen molar-refractivity contribution >= 4 is 11.3 Å². The molecule has 2 aromatic carbocycles. The molecule has 1 aliphatic carbocycles. The molecule has 3 rings (SSSR count). The molecule has 0 aliphatic heterocycles. The largest absolute Gasteiger partial charge is 0.348 e. The molecule has 19 heavy (non-hydrogen) atoms. The Kier molecular flexibility index (Phi) is 3.37. The van der Waals surface area contributed by atoms with Crippen molar-refractivity contribution in [1.29, 1.82) is 0 Å². The molecule has 0 atom stereocenters. The van der Waals surface area contributed by atoms with Crippen molar-refractivity contribution in [3.05, 3.63) is 71.9 Å². The smallest absolute Gasteiger partial charge is 0.0405 e.